The van der Waals surface area contributed by atoms with Gasteiger partial charge < -0.3 is 24.0 Å². The average Bonchev–Trinajstić information content (AvgIpc) is 3.56. The molecule has 4 aromatic rings. The van der Waals surface area contributed by atoms with Crippen molar-refractivity contribution in [3.05, 3.63) is 77.4 Å². The number of carbonyl (C=O) groups excluding carboxylic acids is 4. The number of rotatable bonds is 5. The first kappa shape index (κ1) is 24.7. The summed E-state index contributed by atoms with van der Waals surface area (Å²) in [5.41, 5.74) is 0.927. The molecule has 1 fully saturated rings. The number of amides is 3. The fourth-order valence-electron chi connectivity index (χ4n) is 4.23. The zero-order valence-corrected chi connectivity index (χ0v) is 20.2. The van der Waals surface area contributed by atoms with Crippen molar-refractivity contribution in [2.24, 2.45) is 0 Å². The van der Waals surface area contributed by atoms with Crippen molar-refractivity contribution >= 4 is 40.5 Å². The van der Waals surface area contributed by atoms with Crippen LogP contribution in [0.2, 0.25) is 0 Å². The molecule has 2 aromatic heterocycles. The molecule has 3 heterocycles. The Morgan fingerprint density at radius 2 is 1.74 bits per heavy atom. The van der Waals surface area contributed by atoms with Gasteiger partial charge in [-0.25, -0.2) is 9.18 Å². The van der Waals surface area contributed by atoms with Gasteiger partial charge in [-0.05, 0) is 31.2 Å². The van der Waals surface area contributed by atoms with Crippen LogP contribution < -0.4 is 10.1 Å². The molecule has 1 aliphatic rings. The topological polar surface area (TPSA) is 138 Å². The number of hydrogen-bond acceptors (Lipinski definition) is 7. The molecule has 0 aliphatic carbocycles. The number of fused-ring (bicyclic) bond motifs is 1. The van der Waals surface area contributed by atoms with E-state index in [2.05, 4.69) is 15.5 Å². The smallest absolute Gasteiger partial charge is 0.408 e. The van der Waals surface area contributed by atoms with Crippen LogP contribution in [0.5, 0.6) is 5.75 Å². The number of Topliss-reactive ketones (excluding diaryl/α,β-unsaturated/α-hetero) is 1. The number of benzene rings is 2. The number of aromatic amines is 1. The zero-order chi connectivity index (χ0) is 26.8. The van der Waals surface area contributed by atoms with E-state index in [9.17, 15) is 23.6 Å². The van der Waals surface area contributed by atoms with E-state index >= 15 is 0 Å². The third-order valence-electron chi connectivity index (χ3n) is 6.12. The zero-order valence-electron chi connectivity index (χ0n) is 20.2. The van der Waals surface area contributed by atoms with Crippen LogP contribution in [-0.4, -0.2) is 69.8 Å². The molecule has 0 saturated carbocycles. The number of nitrogens with one attached hydrogen (secondary N) is 2. The fourth-order valence-corrected chi connectivity index (χ4v) is 4.23. The molecule has 38 heavy (non-hydrogen) atoms. The number of halogens is 1. The number of ether oxygens (including phenoxy) is 1. The summed E-state index contributed by atoms with van der Waals surface area (Å²) in [5, 5.41) is 5.82. The number of ketones is 1. The minimum absolute atomic E-state index is 0.0309. The molecule has 1 saturated heterocycles. The Kier molecular flexibility index (Phi) is 6.60. The van der Waals surface area contributed by atoms with Crippen LogP contribution in [0.1, 0.15) is 26.4 Å². The second-order valence-corrected chi connectivity index (χ2v) is 8.62. The molecule has 11 nitrogen and oxygen atoms in total. The molecule has 5 rings (SSSR count). The summed E-state index contributed by atoms with van der Waals surface area (Å²) in [6.07, 6.45) is 0.281. The van der Waals surface area contributed by atoms with Gasteiger partial charge in [-0.1, -0.05) is 23.4 Å². The molecule has 0 radical (unpaired) electrons. The minimum Gasteiger partial charge on any atom is -0.408 e. The summed E-state index contributed by atoms with van der Waals surface area (Å²) >= 11 is 0. The van der Waals surface area contributed by atoms with Crippen LogP contribution in [0.3, 0.4) is 0 Å². The van der Waals surface area contributed by atoms with Gasteiger partial charge in [0.2, 0.25) is 5.88 Å². The Morgan fingerprint density at radius 1 is 1.03 bits per heavy atom. The van der Waals surface area contributed by atoms with E-state index in [1.807, 2.05) is 6.07 Å². The number of nitrogens with zero attached hydrogens (tertiary/aromatic N) is 3. The monoisotopic (exact) mass is 519 g/mol. The normalized spacial score (nSPS) is 13.4. The molecule has 194 valence electrons. The lowest BCUT2D eigenvalue weighted by molar-refractivity contribution is -0.127. The highest BCUT2D eigenvalue weighted by atomic mass is 19.1. The van der Waals surface area contributed by atoms with Crippen molar-refractivity contribution in [2.75, 3.05) is 31.5 Å². The summed E-state index contributed by atoms with van der Waals surface area (Å²) < 4.78 is 25.0. The Hall–Kier alpha value is -5.00. The lowest BCUT2D eigenvalue weighted by atomic mass is 10.1. The quantitative estimate of drug-likeness (QED) is 0.305. The number of anilines is 1. The maximum Gasteiger partial charge on any atom is 0.419 e. The second-order valence-electron chi connectivity index (χ2n) is 8.62. The molecular formula is C26H22FN5O6. The van der Waals surface area contributed by atoms with E-state index in [4.69, 9.17) is 9.26 Å². The van der Waals surface area contributed by atoms with E-state index in [1.54, 1.807) is 36.1 Å². The summed E-state index contributed by atoms with van der Waals surface area (Å²) in [7, 11) is 0. The third-order valence-corrected chi connectivity index (χ3v) is 6.12. The second kappa shape index (κ2) is 10.2. The number of aryl methyl sites for hydroxylation is 1. The maximum atomic E-state index is 14.8. The van der Waals surface area contributed by atoms with E-state index in [0.717, 1.165) is 6.07 Å². The van der Waals surface area contributed by atoms with Gasteiger partial charge in [-0.15, -0.1) is 0 Å². The first-order valence-corrected chi connectivity index (χ1v) is 11.7. The molecule has 2 aromatic carbocycles. The molecule has 2 N–H and O–H groups in total. The molecule has 12 heteroatoms. The molecule has 0 spiro atoms. The largest absolute Gasteiger partial charge is 0.419 e. The van der Waals surface area contributed by atoms with Gasteiger partial charge in [-0.3, -0.25) is 19.7 Å². The Morgan fingerprint density at radius 3 is 2.42 bits per heavy atom. The van der Waals surface area contributed by atoms with Gasteiger partial charge in [0.15, 0.2) is 5.75 Å². The van der Waals surface area contributed by atoms with Crippen LogP contribution >= 0.6 is 0 Å². The van der Waals surface area contributed by atoms with Crippen molar-refractivity contribution < 1.29 is 32.8 Å². The minimum atomic E-state index is -0.921. The average molecular weight is 519 g/mol. The van der Waals surface area contributed by atoms with E-state index in [1.165, 1.54) is 23.2 Å². The van der Waals surface area contributed by atoms with Gasteiger partial charge >= 0.3 is 6.09 Å². The molecule has 0 unspecified atom stereocenters. The predicted molar refractivity (Wildman–Crippen MR) is 132 cm³/mol. The standard InChI is InChI=1S/C26H22FN5O6/c1-15-13-20(38-30-15)29-26(36)37-19-8-7-18(27)21-17(14-28-22(19)21)23(33)25(35)32-11-9-31(10-12-32)24(34)16-5-3-2-4-6-16/h2-8,13-14,28H,9-12H2,1H3,(H,29,36). The molecule has 0 bridgehead atoms. The van der Waals surface area contributed by atoms with Gasteiger partial charge in [0.25, 0.3) is 17.6 Å². The van der Waals surface area contributed by atoms with Crippen LogP contribution in [0.4, 0.5) is 15.1 Å². The highest BCUT2D eigenvalue weighted by molar-refractivity contribution is 6.45. The molecule has 1 aliphatic heterocycles. The maximum absolute atomic E-state index is 14.8. The van der Waals surface area contributed by atoms with E-state index in [0.29, 0.717) is 11.3 Å². The fraction of sp³-hybridized carbons (Fsp3) is 0.192. The van der Waals surface area contributed by atoms with E-state index < -0.39 is 23.6 Å². The van der Waals surface area contributed by atoms with Crippen molar-refractivity contribution in [1.82, 2.24) is 19.9 Å². The Labute approximate surface area is 215 Å². The van der Waals surface area contributed by atoms with Crippen LogP contribution in [0, 0.1) is 12.7 Å². The SMILES string of the molecule is Cc1cc(NC(=O)Oc2ccc(F)c3c(C(=O)C(=O)N4CCN(C(=O)c5ccccc5)CC4)c[nH]c23)on1. The molecule has 0 atom stereocenters. The first-order valence-electron chi connectivity index (χ1n) is 11.7. The van der Waals surface area contributed by atoms with Crippen molar-refractivity contribution in [3.8, 4) is 5.75 Å². The first-order chi connectivity index (χ1) is 18.3. The van der Waals surface area contributed by atoms with Crippen molar-refractivity contribution in [1.29, 1.82) is 0 Å². The van der Waals surface area contributed by atoms with Gasteiger partial charge in [0, 0.05) is 44.0 Å². The van der Waals surface area contributed by atoms with Gasteiger partial charge in [0.05, 0.1) is 22.2 Å². The van der Waals surface area contributed by atoms with Crippen molar-refractivity contribution in [2.45, 2.75) is 6.92 Å². The van der Waals surface area contributed by atoms with Crippen LogP contribution in [0.15, 0.2) is 59.3 Å². The highest BCUT2D eigenvalue weighted by Gasteiger charge is 2.31. The third kappa shape index (κ3) is 4.83. The Bertz CT molecular complexity index is 1540. The molecular weight excluding hydrogens is 497 g/mol. The lowest BCUT2D eigenvalue weighted by Gasteiger charge is -2.34. The number of carbonyl (C=O) groups is 4. The summed E-state index contributed by atoms with van der Waals surface area (Å²) in [6, 6.07) is 12.5. The van der Waals surface area contributed by atoms with Crippen molar-refractivity contribution in [3.63, 3.8) is 0 Å². The van der Waals surface area contributed by atoms with Gasteiger partial charge in [0.1, 0.15) is 5.82 Å². The number of H-pyrrole nitrogens is 1. The van der Waals surface area contributed by atoms with Gasteiger partial charge in [-0.2, -0.15) is 0 Å². The summed E-state index contributed by atoms with van der Waals surface area (Å²) in [5.74, 6) is -2.66. The lowest BCUT2D eigenvalue weighted by Crippen LogP contribution is -2.52. The number of piperazine rings is 1. The summed E-state index contributed by atoms with van der Waals surface area (Å²) in [6.45, 7) is 2.50. The Balaban J connectivity index is 1.28. The highest BCUT2D eigenvalue weighted by Crippen LogP contribution is 2.31. The molecule has 3 amide bonds. The number of hydrogen-bond donors (Lipinski definition) is 2. The van der Waals surface area contributed by atoms with Crippen LogP contribution in [0.25, 0.3) is 10.9 Å². The number of aromatic nitrogens is 2. The summed E-state index contributed by atoms with van der Waals surface area (Å²) in [4.78, 5) is 56.7. The van der Waals surface area contributed by atoms with Crippen LogP contribution in [-0.2, 0) is 4.79 Å². The predicted octanol–water partition coefficient (Wildman–Crippen LogP) is 3.38. The van der Waals surface area contributed by atoms with E-state index in [-0.39, 0.29) is 60.2 Å².